The second-order valence-electron chi connectivity index (χ2n) is 11.1. The lowest BCUT2D eigenvalue weighted by molar-refractivity contribution is -0.134. The fourth-order valence-electron chi connectivity index (χ4n) is 5.77. The van der Waals surface area contributed by atoms with E-state index in [9.17, 15) is 9.59 Å². The van der Waals surface area contributed by atoms with Gasteiger partial charge in [0.05, 0.1) is 18.9 Å². The van der Waals surface area contributed by atoms with Crippen molar-refractivity contribution in [3.8, 4) is 5.75 Å². The summed E-state index contributed by atoms with van der Waals surface area (Å²) in [5, 5.41) is 0. The Morgan fingerprint density at radius 2 is 1.14 bits per heavy atom. The highest BCUT2D eigenvalue weighted by atomic mass is 16.5. The van der Waals surface area contributed by atoms with Gasteiger partial charge in [0.2, 0.25) is 11.8 Å². The Bertz CT molecular complexity index is 1220. The number of hydrogen-bond acceptors (Lipinski definition) is 5. The lowest BCUT2D eigenvalue weighted by Gasteiger charge is -2.32. The Hall–Kier alpha value is -3.42. The summed E-state index contributed by atoms with van der Waals surface area (Å²) in [5.41, 5.74) is 4.79. The van der Waals surface area contributed by atoms with Crippen molar-refractivity contribution in [1.82, 2.24) is 19.6 Å². The van der Waals surface area contributed by atoms with E-state index in [1.165, 1.54) is 16.7 Å². The predicted octanol–water partition coefficient (Wildman–Crippen LogP) is 6.03. The highest BCUT2D eigenvalue weighted by molar-refractivity contribution is 5.85. The van der Waals surface area contributed by atoms with Gasteiger partial charge in [-0.25, -0.2) is 0 Å². The highest BCUT2D eigenvalue weighted by Crippen LogP contribution is 2.27. The Balaban J connectivity index is 0.000000292. The molecule has 2 aliphatic heterocycles. The fourth-order valence-corrected chi connectivity index (χ4v) is 5.77. The van der Waals surface area contributed by atoms with Crippen molar-refractivity contribution in [3.05, 3.63) is 77.9 Å². The molecule has 2 heterocycles. The third-order valence-electron chi connectivity index (χ3n) is 8.07. The van der Waals surface area contributed by atoms with Crippen LogP contribution >= 0.6 is 0 Å². The van der Waals surface area contributed by atoms with E-state index in [0.29, 0.717) is 0 Å². The first kappa shape index (κ1) is 36.8. The van der Waals surface area contributed by atoms with Gasteiger partial charge in [0.1, 0.15) is 5.75 Å². The van der Waals surface area contributed by atoms with Crippen LogP contribution < -0.4 is 4.74 Å². The molecule has 7 heteroatoms. The SMILES string of the molecule is CC.CCN(CC)C(=O)[C@@H]1C=C(c2cccc(OC)c2)CN(C)C1.CCN(CC)C(=O)[C@H]1C=C(c2ccccc2)CN(C)C1. The molecule has 2 aliphatic rings. The highest BCUT2D eigenvalue weighted by Gasteiger charge is 2.28. The van der Waals surface area contributed by atoms with Crippen molar-refractivity contribution < 1.29 is 14.3 Å². The van der Waals surface area contributed by atoms with Crippen molar-refractivity contribution >= 4 is 23.0 Å². The molecule has 2 aromatic carbocycles. The Morgan fingerprint density at radius 1 is 0.705 bits per heavy atom. The number of nitrogens with zero attached hydrogens (tertiary/aromatic N) is 4. The number of carbonyl (C=O) groups is 2. The van der Waals surface area contributed by atoms with Gasteiger partial charge in [0, 0.05) is 52.4 Å². The molecule has 242 valence electrons. The quantitative estimate of drug-likeness (QED) is 0.350. The van der Waals surface area contributed by atoms with E-state index >= 15 is 0 Å². The minimum Gasteiger partial charge on any atom is -0.497 e. The lowest BCUT2D eigenvalue weighted by Crippen LogP contribution is -2.42. The van der Waals surface area contributed by atoms with Gasteiger partial charge in [-0.1, -0.05) is 68.5 Å². The summed E-state index contributed by atoms with van der Waals surface area (Å²) < 4.78 is 5.30. The monoisotopic (exact) mass is 604 g/mol. The van der Waals surface area contributed by atoms with Crippen LogP contribution in [0.5, 0.6) is 5.75 Å². The average Bonchev–Trinajstić information content (AvgIpc) is 3.06. The van der Waals surface area contributed by atoms with E-state index in [-0.39, 0.29) is 23.7 Å². The molecular formula is C37H56N4O3. The molecule has 0 fully saturated rings. The number of amides is 2. The third-order valence-corrected chi connectivity index (χ3v) is 8.07. The van der Waals surface area contributed by atoms with Crippen LogP contribution in [-0.2, 0) is 9.59 Å². The second kappa shape index (κ2) is 19.1. The van der Waals surface area contributed by atoms with E-state index in [1.54, 1.807) is 7.11 Å². The summed E-state index contributed by atoms with van der Waals surface area (Å²) in [6.07, 6.45) is 4.30. The number of hydrogen-bond donors (Lipinski definition) is 0. The van der Waals surface area contributed by atoms with Gasteiger partial charge in [-0.3, -0.25) is 9.59 Å². The normalized spacial score (nSPS) is 18.4. The zero-order chi connectivity index (χ0) is 32.6. The number of carbonyl (C=O) groups excluding carboxylic acids is 2. The van der Waals surface area contributed by atoms with E-state index in [2.05, 4.69) is 54.2 Å². The van der Waals surface area contributed by atoms with Crippen LogP contribution in [-0.4, -0.2) is 105 Å². The first-order valence-electron chi connectivity index (χ1n) is 16.3. The van der Waals surface area contributed by atoms with Gasteiger partial charge in [0.25, 0.3) is 0 Å². The Kier molecular flexibility index (Phi) is 15.9. The molecule has 2 amide bonds. The number of rotatable bonds is 9. The molecule has 0 saturated carbocycles. The summed E-state index contributed by atoms with van der Waals surface area (Å²) in [4.78, 5) is 33.4. The van der Waals surface area contributed by atoms with Crippen LogP contribution in [0.2, 0.25) is 0 Å². The minimum atomic E-state index is -0.0696. The number of likely N-dealkylation sites (N-methyl/N-ethyl adjacent to an activating group) is 2. The maximum Gasteiger partial charge on any atom is 0.230 e. The predicted molar refractivity (Wildman–Crippen MR) is 185 cm³/mol. The first-order valence-corrected chi connectivity index (χ1v) is 16.3. The molecule has 2 aromatic rings. The molecule has 0 unspecified atom stereocenters. The maximum atomic E-state index is 12.6. The molecule has 0 saturated heterocycles. The fraction of sp³-hybridized carbons (Fsp3) is 0.514. The Labute approximate surface area is 267 Å². The van der Waals surface area contributed by atoms with E-state index in [4.69, 9.17) is 4.74 Å². The molecule has 0 spiro atoms. The van der Waals surface area contributed by atoms with Crippen LogP contribution in [0.4, 0.5) is 0 Å². The van der Waals surface area contributed by atoms with Crippen LogP contribution in [0.1, 0.15) is 52.7 Å². The lowest BCUT2D eigenvalue weighted by atomic mass is 9.94. The molecule has 0 bridgehead atoms. The third kappa shape index (κ3) is 10.3. The molecule has 0 aromatic heterocycles. The summed E-state index contributed by atoms with van der Waals surface area (Å²) in [6, 6.07) is 18.4. The van der Waals surface area contributed by atoms with Crippen LogP contribution in [0, 0.1) is 11.8 Å². The summed E-state index contributed by atoms with van der Waals surface area (Å²) in [5.74, 6) is 1.22. The number of methoxy groups -OCH3 is 1. The smallest absolute Gasteiger partial charge is 0.230 e. The van der Waals surface area contributed by atoms with Crippen LogP contribution in [0.15, 0.2) is 66.7 Å². The van der Waals surface area contributed by atoms with Crippen molar-refractivity contribution in [3.63, 3.8) is 0 Å². The van der Waals surface area contributed by atoms with Crippen molar-refractivity contribution in [2.45, 2.75) is 41.5 Å². The first-order chi connectivity index (χ1) is 21.2. The minimum absolute atomic E-state index is 0.0242. The topological polar surface area (TPSA) is 56.3 Å². The van der Waals surface area contributed by atoms with Crippen molar-refractivity contribution in [2.75, 3.05) is 73.6 Å². The van der Waals surface area contributed by atoms with Crippen molar-refractivity contribution in [2.24, 2.45) is 11.8 Å². The number of benzene rings is 2. The van der Waals surface area contributed by atoms with Gasteiger partial charge >= 0.3 is 0 Å². The molecule has 4 rings (SSSR count). The van der Waals surface area contributed by atoms with E-state index in [1.807, 2.05) is 87.7 Å². The largest absolute Gasteiger partial charge is 0.497 e. The molecule has 2 atom stereocenters. The zero-order valence-electron chi connectivity index (χ0n) is 28.7. The summed E-state index contributed by atoms with van der Waals surface area (Å²) in [6.45, 7) is 18.6. The average molecular weight is 605 g/mol. The maximum absolute atomic E-state index is 12.6. The zero-order valence-corrected chi connectivity index (χ0v) is 28.7. The van der Waals surface area contributed by atoms with Gasteiger partial charge in [-0.2, -0.15) is 0 Å². The second-order valence-corrected chi connectivity index (χ2v) is 11.1. The number of ether oxygens (including phenoxy) is 1. The molecule has 0 aliphatic carbocycles. The standard InChI is InChI=1S/C18H26N2O2.C17H24N2O.C2H6/c1-5-20(6-2)18(21)16-10-15(12-19(3)13-16)14-8-7-9-17(11-14)22-4;1-4-19(5-2)17(20)16-11-15(12-18(3)13-16)14-9-7-6-8-10-14;1-2/h7-11,16H,5-6,12-13H2,1-4H3;6-11,16H,4-5,12-13H2,1-3H3;1-2H3/t2*16-;/m10./s1. The summed E-state index contributed by atoms with van der Waals surface area (Å²) >= 11 is 0. The van der Waals surface area contributed by atoms with Crippen molar-refractivity contribution in [1.29, 1.82) is 0 Å². The molecular weight excluding hydrogens is 548 g/mol. The van der Waals surface area contributed by atoms with E-state index in [0.717, 1.165) is 63.7 Å². The molecule has 0 radical (unpaired) electrons. The van der Waals surface area contributed by atoms with E-state index < -0.39 is 0 Å². The van der Waals surface area contributed by atoms with Gasteiger partial charge < -0.3 is 24.3 Å². The molecule has 0 N–H and O–H groups in total. The van der Waals surface area contributed by atoms with Gasteiger partial charge in [0.15, 0.2) is 0 Å². The van der Waals surface area contributed by atoms with Crippen LogP contribution in [0.25, 0.3) is 11.1 Å². The van der Waals surface area contributed by atoms with Gasteiger partial charge in [-0.05, 0) is 76.2 Å². The molecule has 7 nitrogen and oxygen atoms in total. The van der Waals surface area contributed by atoms with Gasteiger partial charge in [-0.15, -0.1) is 0 Å². The van der Waals surface area contributed by atoms with Crippen LogP contribution in [0.3, 0.4) is 0 Å². The summed E-state index contributed by atoms with van der Waals surface area (Å²) in [7, 11) is 5.82. The Morgan fingerprint density at radius 3 is 1.57 bits per heavy atom. The molecule has 44 heavy (non-hydrogen) atoms.